The highest BCUT2D eigenvalue weighted by Gasteiger charge is 2.04. The van der Waals surface area contributed by atoms with E-state index in [9.17, 15) is 4.39 Å². The van der Waals surface area contributed by atoms with E-state index in [1.807, 2.05) is 12.1 Å². The molecule has 0 N–H and O–H groups in total. The lowest BCUT2D eigenvalue weighted by Gasteiger charge is -2.02. The fourth-order valence-corrected chi connectivity index (χ4v) is 1.51. The second-order valence-corrected chi connectivity index (χ2v) is 3.14. The third-order valence-corrected chi connectivity index (χ3v) is 2.22. The number of pyridine rings is 1. The molecule has 1 aromatic carbocycles. The topological polar surface area (TPSA) is 12.9 Å². The fraction of sp³-hybridized carbons (Fsp3) is 0.0769. The molecule has 1 aromatic heterocycles. The smallest absolute Gasteiger partial charge is 0.149 e. The predicted octanol–water partition coefficient (Wildman–Crippen LogP) is 2.75. The van der Waals surface area contributed by atoms with E-state index in [2.05, 4.69) is 23.7 Å². The molecule has 73 valence electrons. The van der Waals surface area contributed by atoms with Crippen LogP contribution in [0, 0.1) is 24.6 Å². The molecule has 0 aliphatic heterocycles. The number of para-hydroxylation sites is 1. The standard InChI is InChI=1S/C13H9FN/c1-2-3-5-10-8-9-15-13-11(10)6-4-7-12(13)14/h4,6-9H,1,5H2. The Kier molecular flexibility index (Phi) is 2.64. The fourth-order valence-electron chi connectivity index (χ4n) is 1.51. The van der Waals surface area contributed by atoms with Crippen molar-refractivity contribution in [2.45, 2.75) is 6.42 Å². The van der Waals surface area contributed by atoms with Crippen molar-refractivity contribution in [2.75, 3.05) is 0 Å². The van der Waals surface area contributed by atoms with Gasteiger partial charge in [-0.1, -0.05) is 18.1 Å². The van der Waals surface area contributed by atoms with Crippen LogP contribution in [0.25, 0.3) is 10.9 Å². The van der Waals surface area contributed by atoms with Crippen LogP contribution >= 0.6 is 0 Å². The summed E-state index contributed by atoms with van der Waals surface area (Å²) in [4.78, 5) is 4.01. The van der Waals surface area contributed by atoms with E-state index in [1.54, 1.807) is 12.3 Å². The summed E-state index contributed by atoms with van der Waals surface area (Å²) in [6, 6.07) is 6.80. The molecule has 15 heavy (non-hydrogen) atoms. The Balaban J connectivity index is 2.64. The molecule has 1 heterocycles. The maximum Gasteiger partial charge on any atom is 0.149 e. The van der Waals surface area contributed by atoms with Gasteiger partial charge in [-0.25, -0.2) is 4.39 Å². The third kappa shape index (κ3) is 1.82. The van der Waals surface area contributed by atoms with Crippen LogP contribution in [-0.4, -0.2) is 4.98 Å². The molecule has 0 fully saturated rings. The molecule has 0 amide bonds. The molecular weight excluding hydrogens is 189 g/mol. The number of nitrogens with zero attached hydrogens (tertiary/aromatic N) is 1. The van der Waals surface area contributed by atoms with Crippen LogP contribution < -0.4 is 0 Å². The molecular formula is C13H9FN. The van der Waals surface area contributed by atoms with Crippen molar-refractivity contribution < 1.29 is 4.39 Å². The monoisotopic (exact) mass is 198 g/mol. The quantitative estimate of drug-likeness (QED) is 0.642. The van der Waals surface area contributed by atoms with E-state index >= 15 is 0 Å². The van der Waals surface area contributed by atoms with E-state index in [-0.39, 0.29) is 5.82 Å². The van der Waals surface area contributed by atoms with Crippen molar-refractivity contribution in [3.8, 4) is 11.8 Å². The summed E-state index contributed by atoms with van der Waals surface area (Å²) in [5, 5.41) is 0.820. The zero-order chi connectivity index (χ0) is 10.7. The van der Waals surface area contributed by atoms with E-state index in [0.717, 1.165) is 10.9 Å². The minimum atomic E-state index is -0.295. The van der Waals surface area contributed by atoms with Crippen molar-refractivity contribution in [2.24, 2.45) is 0 Å². The SMILES string of the molecule is [CH2]C#CCc1ccnc2c(F)cccc12. The van der Waals surface area contributed by atoms with Crippen LogP contribution in [0.3, 0.4) is 0 Å². The lowest BCUT2D eigenvalue weighted by atomic mass is 10.1. The van der Waals surface area contributed by atoms with Crippen molar-refractivity contribution in [1.29, 1.82) is 0 Å². The second-order valence-electron chi connectivity index (χ2n) is 3.14. The largest absolute Gasteiger partial charge is 0.253 e. The van der Waals surface area contributed by atoms with Gasteiger partial charge < -0.3 is 0 Å². The van der Waals surface area contributed by atoms with Gasteiger partial charge in [-0.05, 0) is 17.7 Å². The first-order valence-electron chi connectivity index (χ1n) is 4.60. The van der Waals surface area contributed by atoms with E-state index in [1.165, 1.54) is 6.07 Å². The van der Waals surface area contributed by atoms with Gasteiger partial charge in [0.1, 0.15) is 11.3 Å². The van der Waals surface area contributed by atoms with Crippen molar-refractivity contribution >= 4 is 10.9 Å². The molecule has 2 aromatic rings. The lowest BCUT2D eigenvalue weighted by molar-refractivity contribution is 0.636. The van der Waals surface area contributed by atoms with E-state index in [4.69, 9.17) is 0 Å². The number of hydrogen-bond acceptors (Lipinski definition) is 1. The number of fused-ring (bicyclic) bond motifs is 1. The molecule has 1 radical (unpaired) electrons. The summed E-state index contributed by atoms with van der Waals surface area (Å²) in [5.74, 6) is 5.15. The Bertz CT molecular complexity index is 549. The second kappa shape index (κ2) is 4.10. The Morgan fingerprint density at radius 1 is 1.33 bits per heavy atom. The maximum atomic E-state index is 13.4. The van der Waals surface area contributed by atoms with Gasteiger partial charge in [-0.2, -0.15) is 0 Å². The molecule has 2 heteroatoms. The summed E-state index contributed by atoms with van der Waals surface area (Å²) >= 11 is 0. The van der Waals surface area contributed by atoms with Gasteiger partial charge in [0.05, 0.1) is 0 Å². The summed E-state index contributed by atoms with van der Waals surface area (Å²) in [6.07, 6.45) is 2.18. The highest BCUT2D eigenvalue weighted by molar-refractivity contribution is 5.82. The molecule has 0 aliphatic carbocycles. The summed E-state index contributed by atoms with van der Waals surface area (Å²) < 4.78 is 13.4. The van der Waals surface area contributed by atoms with Crippen LogP contribution in [0.1, 0.15) is 5.56 Å². The third-order valence-electron chi connectivity index (χ3n) is 2.22. The Morgan fingerprint density at radius 2 is 2.20 bits per heavy atom. The first kappa shape index (κ1) is 9.67. The van der Waals surface area contributed by atoms with Gasteiger partial charge in [0.15, 0.2) is 0 Å². The first-order valence-corrected chi connectivity index (χ1v) is 4.60. The number of benzene rings is 1. The van der Waals surface area contributed by atoms with Crippen LogP contribution in [0.15, 0.2) is 30.5 Å². The van der Waals surface area contributed by atoms with Gasteiger partial charge >= 0.3 is 0 Å². The Morgan fingerprint density at radius 3 is 3.00 bits per heavy atom. The summed E-state index contributed by atoms with van der Waals surface area (Å²) in [6.45, 7) is 3.45. The molecule has 0 spiro atoms. The molecule has 0 atom stereocenters. The Hall–Kier alpha value is -1.88. The number of halogens is 1. The molecule has 0 aliphatic rings. The highest BCUT2D eigenvalue weighted by atomic mass is 19.1. The molecule has 0 saturated carbocycles. The van der Waals surface area contributed by atoms with Gasteiger partial charge in [-0.3, -0.25) is 4.98 Å². The highest BCUT2D eigenvalue weighted by Crippen LogP contribution is 2.19. The van der Waals surface area contributed by atoms with Crippen LogP contribution in [0.5, 0.6) is 0 Å². The van der Waals surface area contributed by atoms with Crippen molar-refractivity contribution in [3.63, 3.8) is 0 Å². The number of aromatic nitrogens is 1. The Labute approximate surface area is 88.0 Å². The van der Waals surface area contributed by atoms with Gasteiger partial charge in [0, 0.05) is 24.9 Å². The summed E-state index contributed by atoms with van der Waals surface area (Å²) in [7, 11) is 0. The average molecular weight is 198 g/mol. The molecule has 0 unspecified atom stereocenters. The zero-order valence-corrected chi connectivity index (χ0v) is 8.13. The zero-order valence-electron chi connectivity index (χ0n) is 8.13. The molecule has 0 bridgehead atoms. The molecule has 1 nitrogen and oxygen atoms in total. The van der Waals surface area contributed by atoms with Crippen LogP contribution in [0.2, 0.25) is 0 Å². The number of rotatable bonds is 1. The van der Waals surface area contributed by atoms with Crippen molar-refractivity contribution in [1.82, 2.24) is 4.98 Å². The minimum Gasteiger partial charge on any atom is -0.253 e. The normalized spacial score (nSPS) is 9.73. The van der Waals surface area contributed by atoms with Crippen LogP contribution in [0.4, 0.5) is 4.39 Å². The minimum absolute atomic E-state index is 0.295. The van der Waals surface area contributed by atoms with E-state index < -0.39 is 0 Å². The lowest BCUT2D eigenvalue weighted by Crippen LogP contribution is -1.89. The molecule has 0 saturated heterocycles. The summed E-state index contributed by atoms with van der Waals surface area (Å²) in [5.41, 5.74) is 1.39. The number of hydrogen-bond donors (Lipinski definition) is 0. The van der Waals surface area contributed by atoms with Gasteiger partial charge in [-0.15, -0.1) is 5.92 Å². The van der Waals surface area contributed by atoms with E-state index in [0.29, 0.717) is 11.9 Å². The maximum absolute atomic E-state index is 13.4. The predicted molar refractivity (Wildman–Crippen MR) is 58.5 cm³/mol. The average Bonchev–Trinajstić information content (AvgIpc) is 2.27. The van der Waals surface area contributed by atoms with Gasteiger partial charge in [0.25, 0.3) is 0 Å². The van der Waals surface area contributed by atoms with Gasteiger partial charge in [0.2, 0.25) is 0 Å². The van der Waals surface area contributed by atoms with Crippen LogP contribution in [-0.2, 0) is 6.42 Å². The van der Waals surface area contributed by atoms with Crippen molar-refractivity contribution in [3.05, 3.63) is 48.8 Å². The first-order chi connectivity index (χ1) is 7.33. The molecule has 2 rings (SSSR count).